The van der Waals surface area contributed by atoms with E-state index in [0.717, 1.165) is 0 Å². The van der Waals surface area contributed by atoms with E-state index in [1.165, 1.54) is 0 Å². The van der Waals surface area contributed by atoms with Crippen molar-refractivity contribution in [3.05, 3.63) is 0 Å². The van der Waals surface area contributed by atoms with Crippen LogP contribution in [0.1, 0.15) is 0 Å². The van der Waals surface area contributed by atoms with E-state index in [-0.39, 0.29) is 51.4 Å². The summed E-state index contributed by atoms with van der Waals surface area (Å²) < 4.78 is 0. The third-order valence-electron chi connectivity index (χ3n) is 0. The zero-order chi connectivity index (χ0) is 0. The van der Waals surface area contributed by atoms with Gasteiger partial charge < -0.3 is 21.9 Å². The van der Waals surface area contributed by atoms with Crippen LogP contribution >= 0.6 is 12.4 Å². The van der Waals surface area contributed by atoms with Gasteiger partial charge in [0.15, 0.2) is 0 Å². The molecule has 0 atom stereocenters. The smallest absolute Gasteiger partial charge is 0.412 e. The van der Waals surface area contributed by atoms with Crippen molar-refractivity contribution < 1.29 is 39.0 Å². The van der Waals surface area contributed by atoms with Crippen molar-refractivity contribution in [2.45, 2.75) is 0 Å². The van der Waals surface area contributed by atoms with Gasteiger partial charge in [0.05, 0.1) is 0 Å². The number of hydrogen-bond donors (Lipinski definition) is 0. The van der Waals surface area contributed by atoms with Crippen molar-refractivity contribution in [1.82, 2.24) is 0 Å². The molecule has 0 unspecified atom stereocenters. The summed E-state index contributed by atoms with van der Waals surface area (Å²) in [5, 5.41) is 0. The molecule has 0 rings (SSSR count). The van der Waals surface area contributed by atoms with Crippen LogP contribution in [0.4, 0.5) is 0 Å². The predicted molar refractivity (Wildman–Crippen MR) is 21.7 cm³/mol. The van der Waals surface area contributed by atoms with Crippen LogP contribution in [0.2, 0.25) is 0 Å². The average molecular weight is 164 g/mol. The molecule has 0 aliphatic carbocycles. The molecule has 0 fully saturated rings. The first-order valence-corrected chi connectivity index (χ1v) is 0. The van der Waals surface area contributed by atoms with Gasteiger partial charge >= 0.3 is 17.1 Å². The van der Waals surface area contributed by atoms with Crippen molar-refractivity contribution in [3.8, 4) is 0 Å². The van der Waals surface area contributed by atoms with Gasteiger partial charge in [0, 0.05) is 0 Å². The molecular weight excluding hydrogens is 155 g/mol. The molecule has 6 heteroatoms. The topological polar surface area (TPSA) is 126 Å². The fraction of sp³-hybridized carbons (Fsp3) is 0. The van der Waals surface area contributed by atoms with Crippen LogP contribution in [-0.2, 0) is 17.1 Å². The zero-order valence-corrected chi connectivity index (χ0v) is 4.68. The van der Waals surface area contributed by atoms with Crippen LogP contribution in [0, 0.1) is 0 Å². The predicted octanol–water partition coefficient (Wildman–Crippen LogP) is -2.88. The first-order chi connectivity index (χ1) is 0. The largest absolute Gasteiger partial charge is 2.00 e. The molecular formula is H9ClFeO4+2. The van der Waals surface area contributed by atoms with Crippen LogP contribution in [0.5, 0.6) is 0 Å². The molecule has 0 aliphatic rings. The summed E-state index contributed by atoms with van der Waals surface area (Å²) in [6, 6.07) is 0. The minimum Gasteiger partial charge on any atom is -0.412 e. The minimum absolute atomic E-state index is 0. The molecule has 0 aromatic rings. The Hall–Kier alpha value is 0.649. The standard InChI is InChI=1S/ClH.Fe.4H2O/h1H;;4*1H2/q;+2;;;;. The number of halogens is 1. The minimum atomic E-state index is 0. The monoisotopic (exact) mass is 164 g/mol. The molecule has 0 bridgehead atoms. The quantitative estimate of drug-likeness (QED) is 0.341. The molecule has 0 heterocycles. The van der Waals surface area contributed by atoms with E-state index in [9.17, 15) is 0 Å². The Labute approximate surface area is 52.0 Å². The van der Waals surface area contributed by atoms with Gasteiger partial charge in [-0.05, 0) is 0 Å². The van der Waals surface area contributed by atoms with E-state index in [1.54, 1.807) is 0 Å². The van der Waals surface area contributed by atoms with E-state index in [1.807, 2.05) is 0 Å². The summed E-state index contributed by atoms with van der Waals surface area (Å²) in [5.41, 5.74) is 0. The van der Waals surface area contributed by atoms with Gasteiger partial charge in [-0.15, -0.1) is 12.4 Å². The Bertz CT molecular complexity index is 7.51. The third kappa shape index (κ3) is 147. The zero-order valence-electron chi connectivity index (χ0n) is 2.76. The molecule has 8 N–H and O–H groups in total. The van der Waals surface area contributed by atoms with Gasteiger partial charge in [-0.2, -0.15) is 0 Å². The Balaban J connectivity index is 0. The van der Waals surface area contributed by atoms with Crippen molar-refractivity contribution in [3.63, 3.8) is 0 Å². The van der Waals surface area contributed by atoms with Gasteiger partial charge in [0.2, 0.25) is 0 Å². The Kier molecular flexibility index (Phi) is 24300. The van der Waals surface area contributed by atoms with Gasteiger partial charge in [-0.3, -0.25) is 0 Å². The number of rotatable bonds is 0. The van der Waals surface area contributed by atoms with Crippen molar-refractivity contribution >= 4 is 12.4 Å². The summed E-state index contributed by atoms with van der Waals surface area (Å²) in [5.74, 6) is 0. The maximum absolute atomic E-state index is 0. The second-order valence-corrected chi connectivity index (χ2v) is 0. The van der Waals surface area contributed by atoms with E-state index in [0.29, 0.717) is 0 Å². The van der Waals surface area contributed by atoms with Crippen LogP contribution in [0.15, 0.2) is 0 Å². The molecule has 6 heavy (non-hydrogen) atoms. The van der Waals surface area contributed by atoms with E-state index < -0.39 is 0 Å². The van der Waals surface area contributed by atoms with Gasteiger partial charge in [0.1, 0.15) is 0 Å². The molecule has 0 aromatic heterocycles. The van der Waals surface area contributed by atoms with Crippen molar-refractivity contribution in [1.29, 1.82) is 0 Å². The molecule has 0 radical (unpaired) electrons. The Morgan fingerprint density at radius 2 is 0.500 bits per heavy atom. The summed E-state index contributed by atoms with van der Waals surface area (Å²) in [6.45, 7) is 0. The molecule has 0 saturated carbocycles. The summed E-state index contributed by atoms with van der Waals surface area (Å²) >= 11 is 0. The maximum atomic E-state index is 0. The van der Waals surface area contributed by atoms with Crippen LogP contribution in [0.3, 0.4) is 0 Å². The van der Waals surface area contributed by atoms with E-state index in [4.69, 9.17) is 0 Å². The normalized spacial score (nSPS) is 0. The van der Waals surface area contributed by atoms with Crippen LogP contribution in [-0.4, -0.2) is 21.9 Å². The molecule has 0 spiro atoms. The Morgan fingerprint density at radius 1 is 0.500 bits per heavy atom. The average Bonchev–Trinajstić information content (AvgIpc) is 0. The first-order valence-electron chi connectivity index (χ1n) is 0. The fourth-order valence-electron chi connectivity index (χ4n) is 0. The molecule has 0 aliphatic heterocycles. The van der Waals surface area contributed by atoms with E-state index in [2.05, 4.69) is 0 Å². The summed E-state index contributed by atoms with van der Waals surface area (Å²) in [4.78, 5) is 0. The molecule has 0 saturated heterocycles. The van der Waals surface area contributed by atoms with Crippen molar-refractivity contribution in [2.24, 2.45) is 0 Å². The number of hydrogen-bond acceptors (Lipinski definition) is 0. The van der Waals surface area contributed by atoms with Gasteiger partial charge in [-0.1, -0.05) is 0 Å². The first kappa shape index (κ1) is 503. The summed E-state index contributed by atoms with van der Waals surface area (Å²) in [7, 11) is 0. The maximum Gasteiger partial charge on any atom is 2.00 e. The second-order valence-electron chi connectivity index (χ2n) is 0. The van der Waals surface area contributed by atoms with Crippen molar-refractivity contribution in [2.75, 3.05) is 0 Å². The van der Waals surface area contributed by atoms with Crippen LogP contribution in [0.25, 0.3) is 0 Å². The van der Waals surface area contributed by atoms with Gasteiger partial charge in [0.25, 0.3) is 0 Å². The Morgan fingerprint density at radius 3 is 0.500 bits per heavy atom. The summed E-state index contributed by atoms with van der Waals surface area (Å²) in [6.07, 6.45) is 0. The second kappa shape index (κ2) is 290. The van der Waals surface area contributed by atoms with Gasteiger partial charge in [-0.25, -0.2) is 0 Å². The van der Waals surface area contributed by atoms with Crippen LogP contribution < -0.4 is 0 Å². The SMILES string of the molecule is Cl.O.O.O.O.[Fe+2]. The molecule has 0 aromatic carbocycles. The fourth-order valence-corrected chi connectivity index (χ4v) is 0. The molecule has 0 amide bonds. The van der Waals surface area contributed by atoms with E-state index >= 15 is 0 Å². The molecule has 46 valence electrons. The third-order valence-corrected chi connectivity index (χ3v) is 0. The molecule has 4 nitrogen and oxygen atoms in total.